The molecule has 0 aromatic carbocycles. The number of aliphatic hydroxyl groups excluding tert-OH is 1. The van der Waals surface area contributed by atoms with Gasteiger partial charge in [-0.15, -0.1) is 0 Å². The summed E-state index contributed by atoms with van der Waals surface area (Å²) in [5, 5.41) is 12.2. The standard InChI is InChI=1S/C14H28N2O2/c1-11-4-3-5-12(2)16(11)15-8-14(17)10-18-9-13-6-7-13/h11-15,17H,3-10H2,1-2H3. The Bertz CT molecular complexity index is 236. The van der Waals surface area contributed by atoms with Crippen molar-refractivity contribution in [1.29, 1.82) is 0 Å². The molecule has 2 N–H and O–H groups in total. The maximum absolute atomic E-state index is 9.87. The van der Waals surface area contributed by atoms with Crippen molar-refractivity contribution in [3.63, 3.8) is 0 Å². The number of nitrogens with zero attached hydrogens (tertiary/aromatic N) is 1. The summed E-state index contributed by atoms with van der Waals surface area (Å²) in [4.78, 5) is 0. The molecule has 0 spiro atoms. The van der Waals surface area contributed by atoms with Crippen molar-refractivity contribution >= 4 is 0 Å². The lowest BCUT2D eigenvalue weighted by Gasteiger charge is -2.39. The third-order valence-electron chi connectivity index (χ3n) is 4.06. The number of hydrazine groups is 1. The largest absolute Gasteiger partial charge is 0.389 e. The lowest BCUT2D eigenvalue weighted by Crippen LogP contribution is -2.54. The summed E-state index contributed by atoms with van der Waals surface area (Å²) in [6.45, 7) is 6.38. The van der Waals surface area contributed by atoms with E-state index in [9.17, 15) is 5.11 Å². The van der Waals surface area contributed by atoms with E-state index in [-0.39, 0.29) is 0 Å². The minimum absolute atomic E-state index is 0.398. The molecule has 18 heavy (non-hydrogen) atoms. The van der Waals surface area contributed by atoms with Crippen LogP contribution in [0.1, 0.15) is 46.0 Å². The van der Waals surface area contributed by atoms with Crippen LogP contribution in [0.5, 0.6) is 0 Å². The van der Waals surface area contributed by atoms with Gasteiger partial charge in [0.15, 0.2) is 0 Å². The highest BCUT2D eigenvalue weighted by Crippen LogP contribution is 2.28. The molecule has 2 fully saturated rings. The van der Waals surface area contributed by atoms with Gasteiger partial charge < -0.3 is 9.84 Å². The average Bonchev–Trinajstić information content (AvgIpc) is 3.12. The summed E-state index contributed by atoms with van der Waals surface area (Å²) >= 11 is 0. The van der Waals surface area contributed by atoms with E-state index in [1.165, 1.54) is 32.1 Å². The quantitative estimate of drug-likeness (QED) is 0.725. The van der Waals surface area contributed by atoms with Crippen molar-refractivity contribution in [3.8, 4) is 0 Å². The molecule has 0 aromatic rings. The van der Waals surface area contributed by atoms with Crippen LogP contribution in [0.4, 0.5) is 0 Å². The summed E-state index contributed by atoms with van der Waals surface area (Å²) in [5.41, 5.74) is 3.38. The van der Waals surface area contributed by atoms with Crippen LogP contribution >= 0.6 is 0 Å². The molecule has 0 radical (unpaired) electrons. The molecule has 3 atom stereocenters. The zero-order chi connectivity index (χ0) is 13.0. The van der Waals surface area contributed by atoms with Crippen LogP contribution in [0.3, 0.4) is 0 Å². The number of piperidine rings is 1. The number of hydrogen-bond acceptors (Lipinski definition) is 4. The topological polar surface area (TPSA) is 44.7 Å². The van der Waals surface area contributed by atoms with E-state index in [1.807, 2.05) is 0 Å². The molecular weight excluding hydrogens is 228 g/mol. The Morgan fingerprint density at radius 2 is 1.89 bits per heavy atom. The lowest BCUT2D eigenvalue weighted by molar-refractivity contribution is -0.00437. The van der Waals surface area contributed by atoms with Gasteiger partial charge in [0, 0.05) is 25.2 Å². The first-order valence-corrected chi connectivity index (χ1v) is 7.44. The summed E-state index contributed by atoms with van der Waals surface area (Å²) in [6, 6.07) is 1.13. The van der Waals surface area contributed by atoms with E-state index < -0.39 is 6.10 Å². The van der Waals surface area contributed by atoms with Gasteiger partial charge >= 0.3 is 0 Å². The Morgan fingerprint density at radius 3 is 2.50 bits per heavy atom. The van der Waals surface area contributed by atoms with Crippen LogP contribution in [0.25, 0.3) is 0 Å². The predicted octanol–water partition coefficient (Wildman–Crippen LogP) is 1.54. The molecule has 0 amide bonds. The Balaban J connectivity index is 1.59. The third kappa shape index (κ3) is 4.50. The van der Waals surface area contributed by atoms with Crippen molar-refractivity contribution in [2.24, 2.45) is 5.92 Å². The predicted molar refractivity (Wildman–Crippen MR) is 72.2 cm³/mol. The second-order valence-corrected chi connectivity index (χ2v) is 6.03. The minimum atomic E-state index is -0.398. The van der Waals surface area contributed by atoms with Crippen molar-refractivity contribution in [2.45, 2.75) is 64.1 Å². The average molecular weight is 256 g/mol. The van der Waals surface area contributed by atoms with E-state index in [4.69, 9.17) is 4.74 Å². The van der Waals surface area contributed by atoms with Gasteiger partial charge in [-0.1, -0.05) is 6.42 Å². The fraction of sp³-hybridized carbons (Fsp3) is 1.00. The second-order valence-electron chi connectivity index (χ2n) is 6.03. The molecule has 1 saturated carbocycles. The Kier molecular flexibility index (Phi) is 5.42. The van der Waals surface area contributed by atoms with Gasteiger partial charge in [0.25, 0.3) is 0 Å². The van der Waals surface area contributed by atoms with Crippen LogP contribution in [0.15, 0.2) is 0 Å². The van der Waals surface area contributed by atoms with Crippen molar-refractivity contribution in [2.75, 3.05) is 19.8 Å². The Labute approximate surface area is 111 Å². The van der Waals surface area contributed by atoms with E-state index in [1.54, 1.807) is 0 Å². The number of nitrogens with one attached hydrogen (secondary N) is 1. The highest BCUT2D eigenvalue weighted by atomic mass is 16.5. The van der Waals surface area contributed by atoms with Gasteiger partial charge in [-0.25, -0.2) is 5.01 Å². The molecule has 0 bridgehead atoms. The van der Waals surface area contributed by atoms with Gasteiger partial charge in [-0.05, 0) is 45.4 Å². The van der Waals surface area contributed by atoms with E-state index in [0.717, 1.165) is 12.5 Å². The van der Waals surface area contributed by atoms with Crippen molar-refractivity contribution in [1.82, 2.24) is 10.4 Å². The fourth-order valence-corrected chi connectivity index (χ4v) is 2.66. The molecule has 2 rings (SSSR count). The third-order valence-corrected chi connectivity index (χ3v) is 4.06. The molecule has 4 nitrogen and oxygen atoms in total. The number of hydrogen-bond donors (Lipinski definition) is 2. The number of rotatable bonds is 7. The Hall–Kier alpha value is -0.160. The first-order chi connectivity index (χ1) is 8.66. The molecule has 1 saturated heterocycles. The normalized spacial score (nSPS) is 31.5. The molecule has 2 aliphatic rings. The van der Waals surface area contributed by atoms with Gasteiger partial charge in [0.1, 0.15) is 0 Å². The highest BCUT2D eigenvalue weighted by Gasteiger charge is 2.25. The van der Waals surface area contributed by atoms with E-state index in [0.29, 0.717) is 25.2 Å². The maximum Gasteiger partial charge on any atom is 0.0911 e. The molecule has 1 aliphatic heterocycles. The van der Waals surface area contributed by atoms with Gasteiger partial charge in [-0.3, -0.25) is 5.43 Å². The first-order valence-electron chi connectivity index (χ1n) is 7.44. The lowest BCUT2D eigenvalue weighted by atomic mass is 10.00. The van der Waals surface area contributed by atoms with Crippen LogP contribution in [-0.2, 0) is 4.74 Å². The maximum atomic E-state index is 9.87. The molecule has 1 heterocycles. The number of aliphatic hydroxyl groups is 1. The molecule has 3 unspecified atom stereocenters. The molecule has 106 valence electrons. The van der Waals surface area contributed by atoms with Crippen LogP contribution < -0.4 is 5.43 Å². The van der Waals surface area contributed by atoms with Crippen molar-refractivity contribution < 1.29 is 9.84 Å². The monoisotopic (exact) mass is 256 g/mol. The van der Waals surface area contributed by atoms with Gasteiger partial charge in [-0.2, -0.15) is 0 Å². The zero-order valence-corrected chi connectivity index (χ0v) is 11.8. The van der Waals surface area contributed by atoms with Crippen LogP contribution in [0, 0.1) is 5.92 Å². The van der Waals surface area contributed by atoms with Gasteiger partial charge in [0.2, 0.25) is 0 Å². The summed E-state index contributed by atoms with van der Waals surface area (Å²) < 4.78 is 5.50. The summed E-state index contributed by atoms with van der Waals surface area (Å²) in [7, 11) is 0. The fourth-order valence-electron chi connectivity index (χ4n) is 2.66. The zero-order valence-electron chi connectivity index (χ0n) is 11.8. The smallest absolute Gasteiger partial charge is 0.0911 e. The van der Waals surface area contributed by atoms with Crippen LogP contribution in [0.2, 0.25) is 0 Å². The SMILES string of the molecule is CC1CCCC(C)N1NCC(O)COCC1CC1. The van der Waals surface area contributed by atoms with Gasteiger partial charge in [0.05, 0.1) is 12.7 Å². The highest BCUT2D eigenvalue weighted by molar-refractivity contribution is 4.77. The molecule has 0 aromatic heterocycles. The van der Waals surface area contributed by atoms with E-state index >= 15 is 0 Å². The molecule has 4 heteroatoms. The van der Waals surface area contributed by atoms with E-state index in [2.05, 4.69) is 24.3 Å². The van der Waals surface area contributed by atoms with Crippen molar-refractivity contribution in [3.05, 3.63) is 0 Å². The number of ether oxygens (including phenoxy) is 1. The summed E-state index contributed by atoms with van der Waals surface area (Å²) in [6.07, 6.45) is 6.00. The second kappa shape index (κ2) is 6.85. The molecule has 1 aliphatic carbocycles. The minimum Gasteiger partial charge on any atom is -0.389 e. The molecular formula is C14H28N2O2. The summed E-state index contributed by atoms with van der Waals surface area (Å²) in [5.74, 6) is 0.771. The first kappa shape index (κ1) is 14.3. The Morgan fingerprint density at radius 1 is 1.22 bits per heavy atom. The van der Waals surface area contributed by atoms with Crippen LogP contribution in [-0.4, -0.2) is 48.1 Å².